The lowest BCUT2D eigenvalue weighted by atomic mass is 10.2. The quantitative estimate of drug-likeness (QED) is 0.784. The second-order valence-electron chi connectivity index (χ2n) is 4.31. The highest BCUT2D eigenvalue weighted by Crippen LogP contribution is 2.21. The number of aromatic nitrogens is 2. The Hall–Kier alpha value is -1.52. The molecule has 1 fully saturated rings. The fourth-order valence-electron chi connectivity index (χ4n) is 2.07. The first-order chi connectivity index (χ1) is 7.74. The van der Waals surface area contributed by atoms with Gasteiger partial charge in [0.2, 0.25) is 5.91 Å². The Balaban J connectivity index is 1.84. The van der Waals surface area contributed by atoms with Crippen molar-refractivity contribution in [2.45, 2.75) is 44.7 Å². The molecule has 1 aliphatic carbocycles. The van der Waals surface area contributed by atoms with Gasteiger partial charge in [-0.25, -0.2) is 0 Å². The summed E-state index contributed by atoms with van der Waals surface area (Å²) in [7, 11) is 0. The summed E-state index contributed by atoms with van der Waals surface area (Å²) in [5.74, 6) is 0.608. The van der Waals surface area contributed by atoms with E-state index in [0.29, 0.717) is 19.0 Å². The summed E-state index contributed by atoms with van der Waals surface area (Å²) in [6, 6.07) is 2.51. The van der Waals surface area contributed by atoms with E-state index in [1.54, 1.807) is 4.68 Å². The van der Waals surface area contributed by atoms with Crippen molar-refractivity contribution in [1.82, 2.24) is 9.78 Å². The molecule has 0 bridgehead atoms. The minimum atomic E-state index is -0.291. The zero-order chi connectivity index (χ0) is 11.4. The molecule has 1 aliphatic rings. The molecule has 0 radical (unpaired) electrons. The van der Waals surface area contributed by atoms with E-state index >= 15 is 0 Å². The third-order valence-corrected chi connectivity index (χ3v) is 2.94. The number of hydrogen-bond acceptors (Lipinski definition) is 3. The number of nitrogens with two attached hydrogens (primary N) is 1. The third-order valence-electron chi connectivity index (χ3n) is 2.94. The predicted molar refractivity (Wildman–Crippen MR) is 61.9 cm³/mol. The summed E-state index contributed by atoms with van der Waals surface area (Å²) in [5, 5.41) is 7.74. The molecule has 1 aromatic heterocycles. The van der Waals surface area contributed by atoms with Crippen molar-refractivity contribution in [1.29, 1.82) is 0 Å². The van der Waals surface area contributed by atoms with Gasteiger partial charge in [-0.2, -0.15) is 5.10 Å². The summed E-state index contributed by atoms with van der Waals surface area (Å²) in [6.07, 6.45) is 7.28. The SMILES string of the molecule is NC(=O)CCn1ccc(NC2CCCC2)n1. The van der Waals surface area contributed by atoms with E-state index in [4.69, 9.17) is 5.73 Å². The molecule has 0 aliphatic heterocycles. The van der Waals surface area contributed by atoms with Crippen molar-refractivity contribution in [2.75, 3.05) is 5.32 Å². The molecule has 0 unspecified atom stereocenters. The lowest BCUT2D eigenvalue weighted by Crippen LogP contribution is -2.16. The van der Waals surface area contributed by atoms with E-state index in [1.807, 2.05) is 12.3 Å². The van der Waals surface area contributed by atoms with E-state index in [1.165, 1.54) is 25.7 Å². The number of rotatable bonds is 5. The van der Waals surface area contributed by atoms with E-state index in [9.17, 15) is 4.79 Å². The molecule has 0 aromatic carbocycles. The number of nitrogens with zero attached hydrogens (tertiary/aromatic N) is 2. The van der Waals surface area contributed by atoms with Gasteiger partial charge >= 0.3 is 0 Å². The molecule has 1 heterocycles. The highest BCUT2D eigenvalue weighted by molar-refractivity contribution is 5.73. The van der Waals surface area contributed by atoms with E-state index < -0.39 is 0 Å². The van der Waals surface area contributed by atoms with Crippen molar-refractivity contribution in [2.24, 2.45) is 5.73 Å². The van der Waals surface area contributed by atoms with Crippen LogP contribution in [-0.4, -0.2) is 21.7 Å². The number of hydrogen-bond donors (Lipinski definition) is 2. The van der Waals surface area contributed by atoms with Gasteiger partial charge in [0.05, 0.1) is 0 Å². The number of carbonyl (C=O) groups is 1. The molecule has 88 valence electrons. The molecule has 1 amide bonds. The van der Waals surface area contributed by atoms with Crippen LogP contribution < -0.4 is 11.1 Å². The molecule has 3 N–H and O–H groups in total. The average molecular weight is 222 g/mol. The minimum Gasteiger partial charge on any atom is -0.370 e. The van der Waals surface area contributed by atoms with Crippen LogP contribution in [0.1, 0.15) is 32.1 Å². The van der Waals surface area contributed by atoms with Crippen molar-refractivity contribution >= 4 is 11.7 Å². The van der Waals surface area contributed by atoms with Crippen LogP contribution in [0.15, 0.2) is 12.3 Å². The molecule has 0 saturated heterocycles. The molecule has 5 heteroatoms. The summed E-state index contributed by atoms with van der Waals surface area (Å²) in [6.45, 7) is 0.557. The summed E-state index contributed by atoms with van der Waals surface area (Å²) < 4.78 is 1.75. The van der Waals surface area contributed by atoms with Crippen LogP contribution >= 0.6 is 0 Å². The van der Waals surface area contributed by atoms with Gasteiger partial charge in [-0.15, -0.1) is 0 Å². The molecule has 16 heavy (non-hydrogen) atoms. The van der Waals surface area contributed by atoms with Crippen molar-refractivity contribution in [3.05, 3.63) is 12.3 Å². The van der Waals surface area contributed by atoms with Gasteiger partial charge in [0.25, 0.3) is 0 Å². The van der Waals surface area contributed by atoms with Crippen LogP contribution in [0, 0.1) is 0 Å². The summed E-state index contributed by atoms with van der Waals surface area (Å²) in [5.41, 5.74) is 5.08. The highest BCUT2D eigenvalue weighted by Gasteiger charge is 2.15. The van der Waals surface area contributed by atoms with Crippen LogP contribution in [0.5, 0.6) is 0 Å². The smallest absolute Gasteiger partial charge is 0.219 e. The lowest BCUT2D eigenvalue weighted by Gasteiger charge is -2.09. The number of amides is 1. The summed E-state index contributed by atoms with van der Waals surface area (Å²) in [4.78, 5) is 10.6. The molecule has 2 rings (SSSR count). The number of nitrogens with one attached hydrogen (secondary N) is 1. The zero-order valence-corrected chi connectivity index (χ0v) is 9.35. The molecular formula is C11H18N4O. The Morgan fingerprint density at radius 3 is 3.00 bits per heavy atom. The maximum absolute atomic E-state index is 10.6. The van der Waals surface area contributed by atoms with Gasteiger partial charge in [-0.3, -0.25) is 9.48 Å². The highest BCUT2D eigenvalue weighted by atomic mass is 16.1. The second kappa shape index (κ2) is 5.01. The van der Waals surface area contributed by atoms with Gasteiger partial charge in [0.1, 0.15) is 5.82 Å². The largest absolute Gasteiger partial charge is 0.370 e. The first-order valence-electron chi connectivity index (χ1n) is 5.82. The Morgan fingerprint density at radius 1 is 1.56 bits per heavy atom. The Bertz CT molecular complexity index is 355. The molecule has 0 spiro atoms. The monoisotopic (exact) mass is 222 g/mol. The molecule has 1 aromatic rings. The van der Waals surface area contributed by atoms with Gasteiger partial charge < -0.3 is 11.1 Å². The second-order valence-corrected chi connectivity index (χ2v) is 4.31. The minimum absolute atomic E-state index is 0.291. The van der Waals surface area contributed by atoms with Gasteiger partial charge in [0, 0.05) is 31.3 Å². The van der Waals surface area contributed by atoms with Crippen LogP contribution in [0.2, 0.25) is 0 Å². The van der Waals surface area contributed by atoms with Crippen LogP contribution in [0.4, 0.5) is 5.82 Å². The Labute approximate surface area is 95.0 Å². The normalized spacial score (nSPS) is 16.5. The number of aryl methyl sites for hydroxylation is 1. The number of primary amides is 1. The molecule has 1 saturated carbocycles. The van der Waals surface area contributed by atoms with Gasteiger partial charge in [-0.1, -0.05) is 12.8 Å². The first kappa shape index (κ1) is 11.0. The maximum Gasteiger partial charge on any atom is 0.219 e. The average Bonchev–Trinajstić information content (AvgIpc) is 2.87. The standard InChI is InChI=1S/C11H18N4O/c12-10(16)5-7-15-8-6-11(14-15)13-9-3-1-2-4-9/h6,8-9H,1-5,7H2,(H2,12,16)(H,13,14). The van der Waals surface area contributed by atoms with Crippen LogP contribution in [0.3, 0.4) is 0 Å². The topological polar surface area (TPSA) is 72.9 Å². The zero-order valence-electron chi connectivity index (χ0n) is 9.35. The van der Waals surface area contributed by atoms with Crippen molar-refractivity contribution in [3.63, 3.8) is 0 Å². The third kappa shape index (κ3) is 2.98. The maximum atomic E-state index is 10.6. The molecule has 5 nitrogen and oxygen atoms in total. The number of carbonyl (C=O) groups excluding carboxylic acids is 1. The van der Waals surface area contributed by atoms with Crippen molar-refractivity contribution in [3.8, 4) is 0 Å². The fraction of sp³-hybridized carbons (Fsp3) is 0.636. The molecular weight excluding hydrogens is 204 g/mol. The Kier molecular flexibility index (Phi) is 3.44. The van der Waals surface area contributed by atoms with Crippen LogP contribution in [0.25, 0.3) is 0 Å². The summed E-state index contributed by atoms with van der Waals surface area (Å²) >= 11 is 0. The first-order valence-corrected chi connectivity index (χ1v) is 5.82. The molecule has 0 atom stereocenters. The van der Waals surface area contributed by atoms with E-state index in [-0.39, 0.29) is 5.91 Å². The van der Waals surface area contributed by atoms with E-state index in [0.717, 1.165) is 5.82 Å². The van der Waals surface area contributed by atoms with Gasteiger partial charge in [0.15, 0.2) is 0 Å². The fourth-order valence-corrected chi connectivity index (χ4v) is 2.07. The Morgan fingerprint density at radius 2 is 2.31 bits per heavy atom. The van der Waals surface area contributed by atoms with Gasteiger partial charge in [-0.05, 0) is 12.8 Å². The predicted octanol–water partition coefficient (Wildman–Crippen LogP) is 1.11. The number of anilines is 1. The van der Waals surface area contributed by atoms with Crippen molar-refractivity contribution < 1.29 is 4.79 Å². The van der Waals surface area contributed by atoms with Crippen LogP contribution in [-0.2, 0) is 11.3 Å². The lowest BCUT2D eigenvalue weighted by molar-refractivity contribution is -0.118. The van der Waals surface area contributed by atoms with E-state index in [2.05, 4.69) is 10.4 Å².